The van der Waals surface area contributed by atoms with E-state index in [2.05, 4.69) is 52.4 Å². The van der Waals surface area contributed by atoms with Crippen LogP contribution in [0.25, 0.3) is 0 Å². The molecule has 0 spiro atoms. The van der Waals surface area contributed by atoms with Crippen LogP contribution in [0, 0.1) is 0 Å². The van der Waals surface area contributed by atoms with Gasteiger partial charge in [-0.1, -0.05) is 41.1 Å². The molecule has 1 aliphatic rings. The Balaban J connectivity index is 1.84. The Labute approximate surface area is 112 Å². The topological polar surface area (TPSA) is 21.3 Å². The molecule has 0 saturated carbocycles. The summed E-state index contributed by atoms with van der Waals surface area (Å²) in [6, 6.07) is 8.99. The molecule has 94 valence electrons. The first-order chi connectivity index (χ1) is 8.29. The summed E-state index contributed by atoms with van der Waals surface area (Å²) in [4.78, 5) is 0. The van der Waals surface area contributed by atoms with Gasteiger partial charge in [-0.2, -0.15) is 0 Å². The van der Waals surface area contributed by atoms with E-state index < -0.39 is 0 Å². The fraction of sp³-hybridized carbons (Fsp3) is 0.571. The fourth-order valence-corrected chi connectivity index (χ4v) is 2.67. The van der Waals surface area contributed by atoms with E-state index >= 15 is 0 Å². The predicted octanol–water partition coefficient (Wildman–Crippen LogP) is 3.50. The van der Waals surface area contributed by atoms with Gasteiger partial charge in [-0.25, -0.2) is 0 Å². The van der Waals surface area contributed by atoms with Crippen LogP contribution in [0.1, 0.15) is 31.7 Å². The van der Waals surface area contributed by atoms with Gasteiger partial charge in [0.15, 0.2) is 0 Å². The molecule has 2 unspecified atom stereocenters. The average Bonchev–Trinajstić information content (AvgIpc) is 2.38. The minimum atomic E-state index is 0.445. The van der Waals surface area contributed by atoms with Crippen molar-refractivity contribution < 1.29 is 4.74 Å². The lowest BCUT2D eigenvalue weighted by atomic mass is 10.0. The molecule has 1 aromatic rings. The van der Waals surface area contributed by atoms with E-state index in [1.165, 1.54) is 10.0 Å². The Hall–Kier alpha value is -0.380. The summed E-state index contributed by atoms with van der Waals surface area (Å²) >= 11 is 3.58. The van der Waals surface area contributed by atoms with Gasteiger partial charge in [0.05, 0.1) is 6.10 Å². The largest absolute Gasteiger partial charge is 0.378 e. The Morgan fingerprint density at radius 2 is 2.24 bits per heavy atom. The molecule has 3 heteroatoms. The first kappa shape index (κ1) is 13.1. The van der Waals surface area contributed by atoms with Crippen molar-refractivity contribution in [1.29, 1.82) is 0 Å². The Bertz CT molecular complexity index is 356. The molecule has 1 fully saturated rings. The van der Waals surface area contributed by atoms with E-state index in [1.807, 2.05) is 0 Å². The molecule has 1 aliphatic heterocycles. The lowest BCUT2D eigenvalue weighted by Gasteiger charge is -2.29. The van der Waals surface area contributed by atoms with Gasteiger partial charge in [0.2, 0.25) is 0 Å². The highest BCUT2D eigenvalue weighted by Gasteiger charge is 2.20. The maximum Gasteiger partial charge on any atom is 0.0587 e. The standard InChI is InChI=1S/C14H20BrNO/c1-2-13-9-12(7-8-17-13)16-10-11-5-3-4-6-14(11)15/h3-6,12-13,16H,2,7-10H2,1H3. The Morgan fingerprint density at radius 1 is 1.41 bits per heavy atom. The van der Waals surface area contributed by atoms with Crippen molar-refractivity contribution >= 4 is 15.9 Å². The molecule has 1 heterocycles. The molecule has 2 rings (SSSR count). The number of rotatable bonds is 4. The zero-order chi connectivity index (χ0) is 12.1. The molecule has 1 aromatic carbocycles. The molecule has 0 bridgehead atoms. The molecule has 17 heavy (non-hydrogen) atoms. The van der Waals surface area contributed by atoms with Crippen LogP contribution >= 0.6 is 15.9 Å². The summed E-state index contributed by atoms with van der Waals surface area (Å²) in [6.07, 6.45) is 3.83. The Morgan fingerprint density at radius 3 is 3.00 bits per heavy atom. The van der Waals surface area contributed by atoms with Crippen LogP contribution in [0.5, 0.6) is 0 Å². The van der Waals surface area contributed by atoms with E-state index in [0.717, 1.165) is 32.4 Å². The lowest BCUT2D eigenvalue weighted by molar-refractivity contribution is -0.000326. The molecule has 0 amide bonds. The van der Waals surface area contributed by atoms with Crippen molar-refractivity contribution in [1.82, 2.24) is 5.32 Å². The van der Waals surface area contributed by atoms with Crippen molar-refractivity contribution in [2.45, 2.75) is 44.9 Å². The highest BCUT2D eigenvalue weighted by atomic mass is 79.9. The van der Waals surface area contributed by atoms with Crippen LogP contribution in [-0.2, 0) is 11.3 Å². The van der Waals surface area contributed by atoms with Crippen molar-refractivity contribution in [3.63, 3.8) is 0 Å². The summed E-state index contributed by atoms with van der Waals surface area (Å²) in [7, 11) is 0. The van der Waals surface area contributed by atoms with Gasteiger partial charge in [0.1, 0.15) is 0 Å². The maximum absolute atomic E-state index is 5.68. The monoisotopic (exact) mass is 297 g/mol. The maximum atomic E-state index is 5.68. The second-order valence-corrected chi connectivity index (χ2v) is 5.45. The van der Waals surface area contributed by atoms with Crippen molar-refractivity contribution in [3.05, 3.63) is 34.3 Å². The molecular formula is C14H20BrNO. The van der Waals surface area contributed by atoms with Gasteiger partial charge >= 0.3 is 0 Å². The van der Waals surface area contributed by atoms with Gasteiger partial charge < -0.3 is 10.1 Å². The first-order valence-corrected chi connectivity index (χ1v) is 7.17. The van der Waals surface area contributed by atoms with Gasteiger partial charge in [0.25, 0.3) is 0 Å². The predicted molar refractivity (Wildman–Crippen MR) is 74.0 cm³/mol. The second kappa shape index (κ2) is 6.53. The summed E-state index contributed by atoms with van der Waals surface area (Å²) in [5.41, 5.74) is 1.33. The molecule has 2 atom stereocenters. The highest BCUT2D eigenvalue weighted by molar-refractivity contribution is 9.10. The molecule has 0 aromatic heterocycles. The third-order valence-corrected chi connectivity index (χ3v) is 4.14. The molecule has 2 nitrogen and oxygen atoms in total. The van der Waals surface area contributed by atoms with E-state index in [0.29, 0.717) is 12.1 Å². The minimum Gasteiger partial charge on any atom is -0.378 e. The van der Waals surface area contributed by atoms with Crippen molar-refractivity contribution in [2.75, 3.05) is 6.61 Å². The van der Waals surface area contributed by atoms with Crippen LogP contribution in [0.15, 0.2) is 28.7 Å². The Kier molecular flexibility index (Phi) is 5.01. The van der Waals surface area contributed by atoms with Crippen LogP contribution in [0.2, 0.25) is 0 Å². The van der Waals surface area contributed by atoms with E-state index in [9.17, 15) is 0 Å². The number of nitrogens with one attached hydrogen (secondary N) is 1. The van der Waals surface area contributed by atoms with Crippen LogP contribution in [-0.4, -0.2) is 18.8 Å². The van der Waals surface area contributed by atoms with Crippen molar-refractivity contribution in [2.24, 2.45) is 0 Å². The van der Waals surface area contributed by atoms with Gasteiger partial charge in [-0.15, -0.1) is 0 Å². The highest BCUT2D eigenvalue weighted by Crippen LogP contribution is 2.19. The van der Waals surface area contributed by atoms with E-state index in [1.54, 1.807) is 0 Å². The van der Waals surface area contributed by atoms with Crippen LogP contribution in [0.3, 0.4) is 0 Å². The van der Waals surface area contributed by atoms with Gasteiger partial charge in [-0.05, 0) is 30.9 Å². The zero-order valence-electron chi connectivity index (χ0n) is 10.3. The first-order valence-electron chi connectivity index (χ1n) is 6.38. The van der Waals surface area contributed by atoms with Crippen LogP contribution in [0.4, 0.5) is 0 Å². The average molecular weight is 298 g/mol. The second-order valence-electron chi connectivity index (χ2n) is 4.59. The van der Waals surface area contributed by atoms with E-state index in [-0.39, 0.29) is 0 Å². The molecule has 0 aliphatic carbocycles. The van der Waals surface area contributed by atoms with Crippen molar-refractivity contribution in [3.8, 4) is 0 Å². The smallest absolute Gasteiger partial charge is 0.0587 e. The summed E-state index contributed by atoms with van der Waals surface area (Å²) < 4.78 is 6.87. The summed E-state index contributed by atoms with van der Waals surface area (Å²) in [6.45, 7) is 4.02. The number of benzene rings is 1. The summed E-state index contributed by atoms with van der Waals surface area (Å²) in [5, 5.41) is 3.63. The number of hydrogen-bond donors (Lipinski definition) is 1. The van der Waals surface area contributed by atoms with Crippen LogP contribution < -0.4 is 5.32 Å². The summed E-state index contributed by atoms with van der Waals surface area (Å²) in [5.74, 6) is 0. The third-order valence-electron chi connectivity index (χ3n) is 3.36. The van der Waals surface area contributed by atoms with Gasteiger partial charge in [-0.3, -0.25) is 0 Å². The van der Waals surface area contributed by atoms with Gasteiger partial charge in [0, 0.05) is 23.7 Å². The molecule has 1 N–H and O–H groups in total. The number of halogens is 1. The molecular weight excluding hydrogens is 278 g/mol. The molecule has 0 radical (unpaired) electrons. The lowest BCUT2D eigenvalue weighted by Crippen LogP contribution is -2.38. The minimum absolute atomic E-state index is 0.445. The normalized spacial score (nSPS) is 24.8. The zero-order valence-corrected chi connectivity index (χ0v) is 11.9. The number of ether oxygens (including phenoxy) is 1. The SMILES string of the molecule is CCC1CC(NCc2ccccc2Br)CCO1. The fourth-order valence-electron chi connectivity index (χ4n) is 2.25. The quantitative estimate of drug-likeness (QED) is 0.918. The molecule has 1 saturated heterocycles. The number of hydrogen-bond acceptors (Lipinski definition) is 2. The van der Waals surface area contributed by atoms with E-state index in [4.69, 9.17) is 4.74 Å². The third kappa shape index (κ3) is 3.80.